The summed E-state index contributed by atoms with van der Waals surface area (Å²) in [6.45, 7) is 3.10. The van der Waals surface area contributed by atoms with Gasteiger partial charge in [0.25, 0.3) is 0 Å². The predicted octanol–water partition coefficient (Wildman–Crippen LogP) is 3.51. The Hall–Kier alpha value is -2.73. The summed E-state index contributed by atoms with van der Waals surface area (Å²) in [5.41, 5.74) is 1.29. The van der Waals surface area contributed by atoms with Crippen molar-refractivity contribution in [2.45, 2.75) is 18.7 Å². The maximum absolute atomic E-state index is 12.8. The van der Waals surface area contributed by atoms with Crippen LogP contribution in [-0.4, -0.2) is 19.2 Å². The van der Waals surface area contributed by atoms with E-state index in [1.165, 1.54) is 25.3 Å². The third kappa shape index (κ3) is 3.00. The highest BCUT2D eigenvalue weighted by molar-refractivity contribution is 7.87. The molecular weight excluding hydrogens is 326 g/mol. The summed E-state index contributed by atoms with van der Waals surface area (Å²) >= 11 is 0. The Morgan fingerprint density at radius 1 is 1.08 bits per heavy atom. The van der Waals surface area contributed by atoms with Gasteiger partial charge in [-0.1, -0.05) is 30.3 Å². The van der Waals surface area contributed by atoms with Gasteiger partial charge < -0.3 is 4.18 Å². The minimum absolute atomic E-state index is 0.0360. The number of hydrogen-bond donors (Lipinski definition) is 0. The topological polar surface area (TPSA) is 73.3 Å². The molecule has 0 unspecified atom stereocenters. The first-order chi connectivity index (χ1) is 11.4. The Bertz CT molecular complexity index is 1040. The summed E-state index contributed by atoms with van der Waals surface area (Å²) in [4.78, 5) is 15.7. The van der Waals surface area contributed by atoms with Crippen LogP contribution < -0.4 is 4.18 Å². The minimum atomic E-state index is -4.09. The summed E-state index contributed by atoms with van der Waals surface area (Å²) in [6.07, 6.45) is 1.54. The molecule has 1 heterocycles. The number of aromatic nitrogens is 1. The monoisotopic (exact) mass is 341 g/mol. The van der Waals surface area contributed by atoms with Gasteiger partial charge in [-0.05, 0) is 37.6 Å². The van der Waals surface area contributed by atoms with E-state index in [0.717, 1.165) is 0 Å². The van der Waals surface area contributed by atoms with E-state index in [9.17, 15) is 13.2 Å². The van der Waals surface area contributed by atoms with Crippen LogP contribution in [0.25, 0.3) is 10.9 Å². The number of nitrogens with zero attached hydrogens (tertiary/aromatic N) is 1. The first-order valence-electron chi connectivity index (χ1n) is 7.28. The first kappa shape index (κ1) is 16.1. The second kappa shape index (κ2) is 6.05. The van der Waals surface area contributed by atoms with Crippen LogP contribution in [0.2, 0.25) is 0 Å². The maximum atomic E-state index is 12.8. The summed E-state index contributed by atoms with van der Waals surface area (Å²) in [5, 5.41) is 0.711. The summed E-state index contributed by atoms with van der Waals surface area (Å²) < 4.78 is 30.8. The number of ketones is 1. The number of carbonyl (C=O) groups is 1. The predicted molar refractivity (Wildman–Crippen MR) is 90.7 cm³/mol. The van der Waals surface area contributed by atoms with E-state index < -0.39 is 10.1 Å². The third-order valence-electron chi connectivity index (χ3n) is 3.62. The zero-order valence-corrected chi connectivity index (χ0v) is 14.0. The van der Waals surface area contributed by atoms with Crippen LogP contribution in [0.15, 0.2) is 59.6 Å². The molecule has 5 nitrogen and oxygen atoms in total. The molecule has 0 amide bonds. The normalized spacial score (nSPS) is 11.4. The number of carbonyl (C=O) groups excluding carboxylic acids is 1. The van der Waals surface area contributed by atoms with Crippen LogP contribution in [0.5, 0.6) is 5.75 Å². The fourth-order valence-electron chi connectivity index (χ4n) is 2.47. The molecule has 1 aromatic heterocycles. The zero-order valence-electron chi connectivity index (χ0n) is 13.2. The first-order valence-corrected chi connectivity index (χ1v) is 8.69. The van der Waals surface area contributed by atoms with Crippen molar-refractivity contribution in [3.05, 3.63) is 65.9 Å². The molecular formula is C18H15NO4S. The lowest BCUT2D eigenvalue weighted by atomic mass is 10.1. The van der Waals surface area contributed by atoms with E-state index in [1.54, 1.807) is 37.3 Å². The highest BCUT2D eigenvalue weighted by Gasteiger charge is 2.23. The highest BCUT2D eigenvalue weighted by Crippen LogP contribution is 2.28. The van der Waals surface area contributed by atoms with Crippen LogP contribution in [0, 0.1) is 6.92 Å². The Morgan fingerprint density at radius 2 is 1.88 bits per heavy atom. The van der Waals surface area contributed by atoms with Gasteiger partial charge in [-0.3, -0.25) is 9.78 Å². The number of rotatable bonds is 4. The van der Waals surface area contributed by atoms with Gasteiger partial charge in [0, 0.05) is 17.1 Å². The standard InChI is InChI=1S/C18H15NO4S/c1-12-8-9-14-6-4-10-19-17(14)18(12)24(21,22)23-16-7-3-5-15(11-16)13(2)20/h3-11H,1-2H3. The van der Waals surface area contributed by atoms with Crippen LogP contribution in [0.1, 0.15) is 22.8 Å². The van der Waals surface area contributed by atoms with Gasteiger partial charge >= 0.3 is 10.1 Å². The van der Waals surface area contributed by atoms with Gasteiger partial charge in [0.1, 0.15) is 10.6 Å². The molecule has 0 bridgehead atoms. The van der Waals surface area contributed by atoms with Crippen molar-refractivity contribution in [2.75, 3.05) is 0 Å². The summed E-state index contributed by atoms with van der Waals surface area (Å²) in [6, 6.07) is 13.1. The van der Waals surface area contributed by atoms with Crippen LogP contribution in [-0.2, 0) is 10.1 Å². The van der Waals surface area contributed by atoms with E-state index in [-0.39, 0.29) is 16.4 Å². The van der Waals surface area contributed by atoms with E-state index in [4.69, 9.17) is 4.18 Å². The molecule has 0 radical (unpaired) electrons. The number of hydrogen-bond acceptors (Lipinski definition) is 5. The van der Waals surface area contributed by atoms with Crippen molar-refractivity contribution in [2.24, 2.45) is 0 Å². The SMILES string of the molecule is CC(=O)c1cccc(OS(=O)(=O)c2c(C)ccc3cccnc23)c1. The zero-order chi connectivity index (χ0) is 17.3. The van der Waals surface area contributed by atoms with Crippen molar-refractivity contribution < 1.29 is 17.4 Å². The lowest BCUT2D eigenvalue weighted by Gasteiger charge is -2.12. The summed E-state index contributed by atoms with van der Waals surface area (Å²) in [5.74, 6) is -0.0732. The Labute approximate surface area is 140 Å². The molecule has 0 N–H and O–H groups in total. The average molecular weight is 341 g/mol. The van der Waals surface area contributed by atoms with E-state index in [1.807, 2.05) is 6.07 Å². The van der Waals surface area contributed by atoms with Crippen molar-refractivity contribution >= 4 is 26.8 Å². The van der Waals surface area contributed by atoms with Crippen molar-refractivity contribution in [1.29, 1.82) is 0 Å². The van der Waals surface area contributed by atoms with E-state index in [0.29, 0.717) is 22.0 Å². The van der Waals surface area contributed by atoms with Gasteiger partial charge in [-0.25, -0.2) is 0 Å². The van der Waals surface area contributed by atoms with Crippen LogP contribution >= 0.6 is 0 Å². The van der Waals surface area contributed by atoms with Gasteiger partial charge in [-0.15, -0.1) is 0 Å². The molecule has 3 aromatic rings. The number of fused-ring (bicyclic) bond motifs is 1. The van der Waals surface area contributed by atoms with Gasteiger partial charge in [0.05, 0.1) is 5.52 Å². The summed E-state index contributed by atoms with van der Waals surface area (Å²) in [7, 11) is -4.09. The molecule has 0 saturated heterocycles. The third-order valence-corrected chi connectivity index (χ3v) is 5.05. The minimum Gasteiger partial charge on any atom is -0.379 e. The lowest BCUT2D eigenvalue weighted by Crippen LogP contribution is -2.12. The number of pyridine rings is 1. The van der Waals surface area contributed by atoms with Gasteiger partial charge in [0.2, 0.25) is 0 Å². The molecule has 0 fully saturated rings. The number of benzene rings is 2. The molecule has 122 valence electrons. The Kier molecular flexibility index (Phi) is 4.07. The molecule has 6 heteroatoms. The molecule has 0 saturated carbocycles. The van der Waals surface area contributed by atoms with Gasteiger partial charge in [-0.2, -0.15) is 8.42 Å². The quantitative estimate of drug-likeness (QED) is 0.536. The van der Waals surface area contributed by atoms with Crippen molar-refractivity contribution in [3.63, 3.8) is 0 Å². The molecule has 2 aromatic carbocycles. The lowest BCUT2D eigenvalue weighted by molar-refractivity contribution is 0.101. The highest BCUT2D eigenvalue weighted by atomic mass is 32.2. The molecule has 24 heavy (non-hydrogen) atoms. The molecule has 0 aliphatic rings. The van der Waals surface area contributed by atoms with Crippen LogP contribution in [0.4, 0.5) is 0 Å². The fraction of sp³-hybridized carbons (Fsp3) is 0.111. The molecule has 0 aliphatic heterocycles. The Morgan fingerprint density at radius 3 is 2.62 bits per heavy atom. The average Bonchev–Trinajstić information content (AvgIpc) is 2.54. The number of Topliss-reactive ketones (excluding diaryl/α,β-unsaturated/α-hetero) is 1. The second-order valence-electron chi connectivity index (χ2n) is 5.41. The molecule has 3 rings (SSSR count). The molecule has 0 atom stereocenters. The van der Waals surface area contributed by atoms with E-state index >= 15 is 0 Å². The van der Waals surface area contributed by atoms with Crippen LogP contribution in [0.3, 0.4) is 0 Å². The molecule has 0 spiro atoms. The van der Waals surface area contributed by atoms with E-state index in [2.05, 4.69) is 4.98 Å². The smallest absolute Gasteiger partial charge is 0.341 e. The molecule has 0 aliphatic carbocycles. The largest absolute Gasteiger partial charge is 0.379 e. The van der Waals surface area contributed by atoms with Crippen molar-refractivity contribution in [3.8, 4) is 5.75 Å². The van der Waals surface area contributed by atoms with Crippen molar-refractivity contribution in [1.82, 2.24) is 4.98 Å². The number of aryl methyl sites for hydroxylation is 1. The van der Waals surface area contributed by atoms with Gasteiger partial charge in [0.15, 0.2) is 5.78 Å². The Balaban J connectivity index is 2.11. The fourth-order valence-corrected chi connectivity index (χ4v) is 3.78. The second-order valence-corrected chi connectivity index (χ2v) is 6.89. The maximum Gasteiger partial charge on any atom is 0.341 e.